The average molecular weight is 252 g/mol. The Labute approximate surface area is 106 Å². The molecule has 0 amide bonds. The van der Waals surface area contributed by atoms with E-state index in [9.17, 15) is 0 Å². The normalized spacial score (nSPS) is 31.3. The van der Waals surface area contributed by atoms with Gasteiger partial charge in [0.15, 0.2) is 0 Å². The van der Waals surface area contributed by atoms with Crippen LogP contribution < -0.4 is 0 Å². The smallest absolute Gasteiger partial charge is 0.114 e. The van der Waals surface area contributed by atoms with Crippen LogP contribution in [0.4, 0.5) is 0 Å². The van der Waals surface area contributed by atoms with Crippen molar-refractivity contribution >= 4 is 0 Å². The molecule has 0 saturated carbocycles. The molecule has 2 rings (SSSR count). The Kier molecular flexibility index (Phi) is 8.46. The highest BCUT2D eigenvalue weighted by Crippen LogP contribution is 2.26. The van der Waals surface area contributed by atoms with Crippen LogP contribution in [0.5, 0.6) is 0 Å². The average Bonchev–Trinajstić information content (AvgIpc) is 2.95. The van der Waals surface area contributed by atoms with Gasteiger partial charge in [-0.2, -0.15) is 10.5 Å². The van der Waals surface area contributed by atoms with Crippen LogP contribution in [0.25, 0.3) is 0 Å². The number of allylic oxidation sites excluding steroid dienone is 2. The molecule has 2 saturated heterocycles. The summed E-state index contributed by atoms with van der Waals surface area (Å²) in [6, 6.07) is 3.39. The maximum absolute atomic E-state index is 9.16. The quantitative estimate of drug-likeness (QED) is 0.583. The second kappa shape index (κ2) is 9.34. The van der Waals surface area contributed by atoms with Gasteiger partial charge in [0, 0.05) is 12.2 Å². The van der Waals surface area contributed by atoms with E-state index in [0.29, 0.717) is 0 Å². The summed E-state index contributed by atoms with van der Waals surface area (Å²) in [7, 11) is 0. The Morgan fingerprint density at radius 1 is 0.944 bits per heavy atom. The number of hydrogen-bond donors (Lipinski definition) is 2. The number of hydrogen-bond acceptors (Lipinski definition) is 6. The lowest BCUT2D eigenvalue weighted by molar-refractivity contribution is 0.00205. The van der Waals surface area contributed by atoms with Gasteiger partial charge in [-0.1, -0.05) is 13.2 Å². The van der Waals surface area contributed by atoms with Crippen molar-refractivity contribution in [1.82, 2.24) is 0 Å². The van der Waals surface area contributed by atoms with Crippen molar-refractivity contribution in [2.24, 2.45) is 0 Å². The van der Waals surface area contributed by atoms with Gasteiger partial charge in [0.1, 0.15) is 24.4 Å². The Balaban J connectivity index is 0.000000307. The molecule has 2 fully saturated rings. The summed E-state index contributed by atoms with van der Waals surface area (Å²) in [5.74, 6) is 0. The molecule has 2 N–H and O–H groups in total. The Morgan fingerprint density at radius 2 is 1.22 bits per heavy atom. The first kappa shape index (κ1) is 16.3. The molecule has 0 aromatic rings. The molecule has 0 aliphatic carbocycles. The predicted molar refractivity (Wildman–Crippen MR) is 63.1 cm³/mol. The van der Waals surface area contributed by atoms with Crippen molar-refractivity contribution in [3.05, 3.63) is 25.3 Å². The lowest BCUT2D eigenvalue weighted by Crippen LogP contribution is -2.30. The van der Waals surface area contributed by atoms with Crippen molar-refractivity contribution in [3.63, 3.8) is 0 Å². The van der Waals surface area contributed by atoms with Crippen molar-refractivity contribution < 1.29 is 19.7 Å². The highest BCUT2D eigenvalue weighted by Gasteiger charge is 2.46. The maximum Gasteiger partial charge on any atom is 0.114 e. The van der Waals surface area contributed by atoms with Crippen LogP contribution >= 0.6 is 0 Å². The largest absolute Gasteiger partial charge is 0.388 e. The lowest BCUT2D eigenvalue weighted by atomic mass is 10.1. The highest BCUT2D eigenvalue weighted by molar-refractivity contribution is 4.94. The number of aliphatic hydroxyl groups excluding tert-OH is 2. The molecule has 0 aromatic carbocycles. The molecule has 4 atom stereocenters. The van der Waals surface area contributed by atoms with Gasteiger partial charge >= 0.3 is 0 Å². The first-order valence-electron chi connectivity index (χ1n) is 5.22. The fourth-order valence-corrected chi connectivity index (χ4v) is 1.46. The van der Waals surface area contributed by atoms with E-state index in [1.54, 1.807) is 12.1 Å². The fourth-order valence-electron chi connectivity index (χ4n) is 1.46. The van der Waals surface area contributed by atoms with E-state index < -0.39 is 12.2 Å². The summed E-state index contributed by atoms with van der Waals surface area (Å²) in [6.07, 6.45) is 0.661. The summed E-state index contributed by atoms with van der Waals surface area (Å²) in [4.78, 5) is 0. The lowest BCUT2D eigenvalue weighted by Gasteiger charge is -2.09. The molecule has 2 aliphatic heterocycles. The van der Waals surface area contributed by atoms with Crippen LogP contribution in [-0.4, -0.2) is 47.8 Å². The van der Waals surface area contributed by atoms with Crippen molar-refractivity contribution in [2.45, 2.75) is 24.4 Å². The zero-order chi connectivity index (χ0) is 14.0. The summed E-state index contributed by atoms with van der Waals surface area (Å²) in [5, 5.41) is 33.3. The molecule has 0 aromatic heterocycles. The number of aliphatic hydroxyl groups is 2. The number of rotatable bonds is 0. The van der Waals surface area contributed by atoms with Gasteiger partial charge in [-0.15, -0.1) is 0 Å². The Morgan fingerprint density at radius 3 is 1.44 bits per heavy atom. The topological polar surface area (TPSA) is 107 Å². The summed E-state index contributed by atoms with van der Waals surface area (Å²) in [6.45, 7) is 6.80. The zero-order valence-electron chi connectivity index (χ0n) is 9.90. The van der Waals surface area contributed by atoms with Crippen LogP contribution in [0.1, 0.15) is 0 Å². The third kappa shape index (κ3) is 5.09. The molecular formula is C12H16N2O4. The first-order valence-corrected chi connectivity index (χ1v) is 5.22. The summed E-state index contributed by atoms with van der Waals surface area (Å²) in [5.41, 5.74) is 0. The van der Waals surface area contributed by atoms with Crippen molar-refractivity contribution in [2.75, 3.05) is 13.2 Å². The van der Waals surface area contributed by atoms with Gasteiger partial charge in [-0.3, -0.25) is 0 Å². The van der Waals surface area contributed by atoms with Gasteiger partial charge in [0.2, 0.25) is 0 Å². The van der Waals surface area contributed by atoms with Gasteiger partial charge in [-0.05, 0) is 0 Å². The van der Waals surface area contributed by atoms with Crippen LogP contribution in [0.15, 0.2) is 25.3 Å². The van der Waals surface area contributed by atoms with Gasteiger partial charge in [-0.25, -0.2) is 0 Å². The number of ether oxygens (including phenoxy) is 2. The molecule has 2 aliphatic rings. The van der Waals surface area contributed by atoms with Crippen molar-refractivity contribution in [3.8, 4) is 12.1 Å². The molecule has 18 heavy (non-hydrogen) atoms. The minimum Gasteiger partial charge on any atom is -0.388 e. The minimum absolute atomic E-state index is 0.284. The van der Waals surface area contributed by atoms with E-state index in [1.165, 1.54) is 12.2 Å². The van der Waals surface area contributed by atoms with Gasteiger partial charge in [0.05, 0.1) is 25.4 Å². The number of nitriles is 2. The monoisotopic (exact) mass is 252 g/mol. The van der Waals surface area contributed by atoms with E-state index in [1.807, 2.05) is 0 Å². The third-order valence-corrected chi connectivity index (χ3v) is 2.18. The second-order valence-corrected chi connectivity index (χ2v) is 3.40. The van der Waals surface area contributed by atoms with Gasteiger partial charge < -0.3 is 19.7 Å². The summed E-state index contributed by atoms with van der Waals surface area (Å²) >= 11 is 0. The molecular weight excluding hydrogens is 236 g/mol. The molecule has 0 unspecified atom stereocenters. The van der Waals surface area contributed by atoms with Gasteiger partial charge in [0.25, 0.3) is 0 Å². The Bertz CT molecular complexity index is 311. The van der Waals surface area contributed by atoms with E-state index >= 15 is 0 Å². The molecule has 0 bridgehead atoms. The SMILES string of the molecule is C=CC#N.C=CC#N.O[C@@H]1CO[C@H]2[C@@H]1OC[C@@H]2O. The molecule has 6 nitrogen and oxygen atoms in total. The van der Waals surface area contributed by atoms with Crippen LogP contribution in [-0.2, 0) is 9.47 Å². The highest BCUT2D eigenvalue weighted by atomic mass is 16.6. The number of fused-ring (bicyclic) bond motifs is 1. The van der Waals surface area contributed by atoms with Crippen LogP contribution in [0, 0.1) is 22.7 Å². The second-order valence-electron chi connectivity index (χ2n) is 3.40. The van der Waals surface area contributed by atoms with Crippen LogP contribution in [0.3, 0.4) is 0 Å². The van der Waals surface area contributed by atoms with E-state index in [0.717, 1.165) is 0 Å². The fraction of sp³-hybridized carbons (Fsp3) is 0.500. The van der Waals surface area contributed by atoms with E-state index in [4.69, 9.17) is 30.2 Å². The number of nitrogens with zero attached hydrogens (tertiary/aromatic N) is 2. The van der Waals surface area contributed by atoms with Crippen molar-refractivity contribution in [1.29, 1.82) is 10.5 Å². The predicted octanol–water partition coefficient (Wildman–Crippen LogP) is -0.102. The molecule has 0 radical (unpaired) electrons. The first-order chi connectivity index (χ1) is 8.62. The molecule has 0 spiro atoms. The minimum atomic E-state index is -0.554. The third-order valence-electron chi connectivity index (χ3n) is 2.18. The molecule has 2 heterocycles. The molecule has 6 heteroatoms. The van der Waals surface area contributed by atoms with Crippen LogP contribution in [0.2, 0.25) is 0 Å². The molecule has 98 valence electrons. The standard InChI is InChI=1S/C6H10O4.2C3H3N/c7-3-1-9-6-4(8)2-10-5(3)6;2*1-2-3-4/h3-8H,1-2H2;2*2H,1H2/t3-,4+,5-,6-;;/m1../s1. The zero-order valence-corrected chi connectivity index (χ0v) is 9.90. The Hall–Kier alpha value is -1.70. The summed E-state index contributed by atoms with van der Waals surface area (Å²) < 4.78 is 10.2. The van der Waals surface area contributed by atoms with E-state index in [-0.39, 0.29) is 25.4 Å². The maximum atomic E-state index is 9.16. The van der Waals surface area contributed by atoms with E-state index in [2.05, 4.69) is 13.2 Å².